The van der Waals surface area contributed by atoms with Gasteiger partial charge >= 0.3 is 0 Å². The van der Waals surface area contributed by atoms with E-state index in [9.17, 15) is 0 Å². The molecule has 0 aliphatic heterocycles. The molecule has 78 valence electrons. The average molecular weight is 191 g/mol. The van der Waals surface area contributed by atoms with Crippen LogP contribution in [0.3, 0.4) is 0 Å². The van der Waals surface area contributed by atoms with Gasteiger partial charge in [0.1, 0.15) is 0 Å². The second kappa shape index (κ2) is 5.16. The molecule has 0 bridgehead atoms. The zero-order chi connectivity index (χ0) is 10.6. The predicted octanol–water partition coefficient (Wildman–Crippen LogP) is 3.15. The van der Waals surface area contributed by atoms with Gasteiger partial charge in [-0.2, -0.15) is 0 Å². The number of rotatable bonds is 4. The molecule has 0 aliphatic rings. The molecule has 14 heavy (non-hydrogen) atoms. The van der Waals surface area contributed by atoms with E-state index in [1.165, 1.54) is 29.7 Å². The van der Waals surface area contributed by atoms with Gasteiger partial charge in [0.15, 0.2) is 0 Å². The summed E-state index contributed by atoms with van der Waals surface area (Å²) in [5, 5.41) is 0. The van der Waals surface area contributed by atoms with E-state index in [0.717, 1.165) is 6.54 Å². The molecule has 0 amide bonds. The fourth-order valence-electron chi connectivity index (χ4n) is 1.93. The van der Waals surface area contributed by atoms with Crippen molar-refractivity contribution in [1.82, 2.24) is 4.90 Å². The SMILES string of the molecule is CCCN(C)Cc1cc(C)cc(C)c1. The Kier molecular flexibility index (Phi) is 4.15. The highest BCUT2D eigenvalue weighted by Crippen LogP contribution is 2.10. The summed E-state index contributed by atoms with van der Waals surface area (Å²) in [5.74, 6) is 0. The summed E-state index contributed by atoms with van der Waals surface area (Å²) < 4.78 is 0. The first kappa shape index (κ1) is 11.3. The summed E-state index contributed by atoms with van der Waals surface area (Å²) in [4.78, 5) is 2.37. The van der Waals surface area contributed by atoms with Crippen LogP contribution in [-0.4, -0.2) is 18.5 Å². The van der Waals surface area contributed by atoms with Crippen LogP contribution in [0.15, 0.2) is 18.2 Å². The molecule has 0 spiro atoms. The number of nitrogens with zero attached hydrogens (tertiary/aromatic N) is 1. The van der Waals surface area contributed by atoms with E-state index in [0.29, 0.717) is 0 Å². The molecule has 0 saturated heterocycles. The maximum atomic E-state index is 2.37. The molecule has 1 aromatic rings. The second-order valence-corrected chi connectivity index (χ2v) is 4.23. The van der Waals surface area contributed by atoms with Crippen LogP contribution >= 0.6 is 0 Å². The normalized spacial score (nSPS) is 10.9. The molecule has 0 aliphatic carbocycles. The number of aryl methyl sites for hydroxylation is 2. The minimum Gasteiger partial charge on any atom is -0.302 e. The Morgan fingerprint density at radius 3 is 2.14 bits per heavy atom. The Morgan fingerprint density at radius 1 is 1.07 bits per heavy atom. The Bertz CT molecular complexity index is 271. The van der Waals surface area contributed by atoms with Gasteiger partial charge in [0, 0.05) is 6.54 Å². The van der Waals surface area contributed by atoms with Crippen molar-refractivity contribution < 1.29 is 0 Å². The standard InChI is InChI=1S/C13H21N/c1-5-6-14(4)10-13-8-11(2)7-12(3)9-13/h7-9H,5-6,10H2,1-4H3. The number of hydrogen-bond acceptors (Lipinski definition) is 1. The third-order valence-electron chi connectivity index (χ3n) is 2.34. The molecular weight excluding hydrogens is 170 g/mol. The first-order valence-electron chi connectivity index (χ1n) is 5.37. The highest BCUT2D eigenvalue weighted by molar-refractivity contribution is 5.28. The zero-order valence-electron chi connectivity index (χ0n) is 9.80. The average Bonchev–Trinajstić information content (AvgIpc) is 2.01. The van der Waals surface area contributed by atoms with Crippen LogP contribution in [0.25, 0.3) is 0 Å². The second-order valence-electron chi connectivity index (χ2n) is 4.23. The lowest BCUT2D eigenvalue weighted by molar-refractivity contribution is 0.327. The van der Waals surface area contributed by atoms with Gasteiger partial charge in [-0.3, -0.25) is 0 Å². The van der Waals surface area contributed by atoms with Crippen molar-refractivity contribution in [3.8, 4) is 0 Å². The lowest BCUT2D eigenvalue weighted by Crippen LogP contribution is -2.18. The molecule has 0 heterocycles. The lowest BCUT2D eigenvalue weighted by atomic mass is 10.1. The van der Waals surface area contributed by atoms with Crippen molar-refractivity contribution in [2.45, 2.75) is 33.7 Å². The van der Waals surface area contributed by atoms with Crippen LogP contribution in [0.1, 0.15) is 30.0 Å². The molecule has 0 N–H and O–H groups in total. The maximum absolute atomic E-state index is 2.37. The minimum absolute atomic E-state index is 1.07. The molecule has 1 heteroatoms. The summed E-state index contributed by atoms with van der Waals surface area (Å²) in [6.07, 6.45) is 1.22. The van der Waals surface area contributed by atoms with Crippen molar-refractivity contribution in [1.29, 1.82) is 0 Å². The van der Waals surface area contributed by atoms with Gasteiger partial charge in [-0.05, 0) is 39.4 Å². The van der Waals surface area contributed by atoms with Crippen molar-refractivity contribution in [3.63, 3.8) is 0 Å². The van der Waals surface area contributed by atoms with Crippen molar-refractivity contribution in [2.24, 2.45) is 0 Å². The molecule has 0 fully saturated rings. The first-order valence-corrected chi connectivity index (χ1v) is 5.37. The van der Waals surface area contributed by atoms with Gasteiger partial charge in [0.25, 0.3) is 0 Å². The molecule has 0 aromatic heterocycles. The quantitative estimate of drug-likeness (QED) is 0.706. The Hall–Kier alpha value is -0.820. The van der Waals surface area contributed by atoms with E-state index in [1.54, 1.807) is 0 Å². The van der Waals surface area contributed by atoms with Crippen molar-refractivity contribution >= 4 is 0 Å². The molecule has 1 aromatic carbocycles. The molecule has 0 unspecified atom stereocenters. The van der Waals surface area contributed by atoms with Crippen LogP contribution < -0.4 is 0 Å². The van der Waals surface area contributed by atoms with Gasteiger partial charge in [0.2, 0.25) is 0 Å². The molecule has 0 atom stereocenters. The van der Waals surface area contributed by atoms with Crippen LogP contribution in [0.5, 0.6) is 0 Å². The zero-order valence-corrected chi connectivity index (χ0v) is 9.80. The van der Waals surface area contributed by atoms with Crippen LogP contribution in [0.2, 0.25) is 0 Å². The summed E-state index contributed by atoms with van der Waals surface area (Å²) in [7, 11) is 2.18. The minimum atomic E-state index is 1.07. The predicted molar refractivity (Wildman–Crippen MR) is 62.5 cm³/mol. The fraction of sp³-hybridized carbons (Fsp3) is 0.538. The largest absolute Gasteiger partial charge is 0.302 e. The molecule has 1 rings (SSSR count). The van der Waals surface area contributed by atoms with E-state index in [1.807, 2.05) is 0 Å². The Balaban J connectivity index is 2.66. The topological polar surface area (TPSA) is 3.24 Å². The van der Waals surface area contributed by atoms with E-state index in [4.69, 9.17) is 0 Å². The van der Waals surface area contributed by atoms with Gasteiger partial charge in [-0.1, -0.05) is 36.2 Å². The Labute approximate surface area is 87.7 Å². The van der Waals surface area contributed by atoms with Crippen molar-refractivity contribution in [3.05, 3.63) is 34.9 Å². The summed E-state index contributed by atoms with van der Waals surface area (Å²) in [6.45, 7) is 8.79. The first-order chi connectivity index (χ1) is 6.61. The van der Waals surface area contributed by atoms with Gasteiger partial charge in [-0.15, -0.1) is 0 Å². The van der Waals surface area contributed by atoms with Gasteiger partial charge in [0.05, 0.1) is 0 Å². The highest BCUT2D eigenvalue weighted by atomic mass is 15.1. The number of benzene rings is 1. The number of hydrogen-bond donors (Lipinski definition) is 0. The van der Waals surface area contributed by atoms with Crippen LogP contribution in [-0.2, 0) is 6.54 Å². The monoisotopic (exact) mass is 191 g/mol. The smallest absolute Gasteiger partial charge is 0.0230 e. The maximum Gasteiger partial charge on any atom is 0.0230 e. The fourth-order valence-corrected chi connectivity index (χ4v) is 1.93. The van der Waals surface area contributed by atoms with Crippen LogP contribution in [0.4, 0.5) is 0 Å². The third kappa shape index (κ3) is 3.51. The lowest BCUT2D eigenvalue weighted by Gasteiger charge is -2.16. The van der Waals surface area contributed by atoms with Crippen molar-refractivity contribution in [2.75, 3.05) is 13.6 Å². The molecule has 1 nitrogen and oxygen atoms in total. The van der Waals surface area contributed by atoms with Gasteiger partial charge in [-0.25, -0.2) is 0 Å². The summed E-state index contributed by atoms with van der Waals surface area (Å²) in [5.41, 5.74) is 4.16. The Morgan fingerprint density at radius 2 is 1.64 bits per heavy atom. The molecular formula is C13H21N. The van der Waals surface area contributed by atoms with E-state index in [2.05, 4.69) is 50.9 Å². The van der Waals surface area contributed by atoms with E-state index in [-0.39, 0.29) is 0 Å². The summed E-state index contributed by atoms with van der Waals surface area (Å²) in [6, 6.07) is 6.78. The third-order valence-corrected chi connectivity index (χ3v) is 2.34. The molecule has 0 radical (unpaired) electrons. The summed E-state index contributed by atoms with van der Waals surface area (Å²) >= 11 is 0. The molecule has 0 saturated carbocycles. The van der Waals surface area contributed by atoms with E-state index < -0.39 is 0 Å². The highest BCUT2D eigenvalue weighted by Gasteiger charge is 2.00. The van der Waals surface area contributed by atoms with Crippen LogP contribution in [0, 0.1) is 13.8 Å². The van der Waals surface area contributed by atoms with E-state index >= 15 is 0 Å². The van der Waals surface area contributed by atoms with Gasteiger partial charge < -0.3 is 4.90 Å².